The summed E-state index contributed by atoms with van der Waals surface area (Å²) < 4.78 is 18.9. The predicted molar refractivity (Wildman–Crippen MR) is 105 cm³/mol. The number of benzene rings is 2. The standard InChI is InChI=1S/C21H22ClFN2O3/c22-17-3-7-19(8-4-17)28-15-25-11-10-24(20(9-12-26)21(25)14-27)13-16-1-5-18(23)6-2-16/h1-8,20,26H,9-13,15H2. The smallest absolute Gasteiger partial charge is 0.161 e. The van der Waals surface area contributed by atoms with Crippen molar-refractivity contribution in [2.75, 3.05) is 26.4 Å². The number of hydrogen-bond donors (Lipinski definition) is 1. The summed E-state index contributed by atoms with van der Waals surface area (Å²) in [5, 5.41) is 10.1. The van der Waals surface area contributed by atoms with Crippen LogP contribution in [0, 0.1) is 5.82 Å². The Bertz CT molecular complexity index is 823. The molecule has 0 radical (unpaired) electrons. The number of hydrogen-bond acceptors (Lipinski definition) is 5. The van der Waals surface area contributed by atoms with Gasteiger partial charge in [0.15, 0.2) is 6.73 Å². The van der Waals surface area contributed by atoms with Crippen LogP contribution >= 0.6 is 11.6 Å². The maximum Gasteiger partial charge on any atom is 0.161 e. The fraction of sp³-hybridized carbons (Fsp3) is 0.333. The molecule has 3 rings (SSSR count). The molecule has 0 amide bonds. The Morgan fingerprint density at radius 2 is 1.86 bits per heavy atom. The molecule has 0 bridgehead atoms. The summed E-state index contributed by atoms with van der Waals surface area (Å²) in [5.41, 5.74) is 1.40. The first-order valence-electron chi connectivity index (χ1n) is 9.08. The van der Waals surface area contributed by atoms with Crippen molar-refractivity contribution in [3.63, 3.8) is 0 Å². The molecule has 2 aromatic rings. The van der Waals surface area contributed by atoms with E-state index in [4.69, 9.17) is 16.3 Å². The third-order valence-electron chi connectivity index (χ3n) is 4.76. The molecule has 1 atom stereocenters. The Hall–Kier alpha value is -2.37. The SMILES string of the molecule is O=C=C1C(CCO)N(Cc2ccc(F)cc2)CCN1COc1ccc(Cl)cc1. The number of ether oxygens (including phenoxy) is 1. The third-order valence-corrected chi connectivity index (χ3v) is 5.01. The van der Waals surface area contributed by atoms with Crippen LogP contribution in [0.2, 0.25) is 5.02 Å². The zero-order valence-corrected chi connectivity index (χ0v) is 16.1. The molecule has 1 N–H and O–H groups in total. The zero-order chi connectivity index (χ0) is 19.9. The van der Waals surface area contributed by atoms with Gasteiger partial charge in [0.05, 0.1) is 6.04 Å². The van der Waals surface area contributed by atoms with Crippen molar-refractivity contribution in [1.29, 1.82) is 0 Å². The van der Waals surface area contributed by atoms with Gasteiger partial charge < -0.3 is 14.7 Å². The predicted octanol–water partition coefficient (Wildman–Crippen LogP) is 3.10. The first-order valence-corrected chi connectivity index (χ1v) is 9.46. The number of carbonyl (C=O) groups excluding carboxylic acids is 1. The van der Waals surface area contributed by atoms with Gasteiger partial charge in [0.1, 0.15) is 23.2 Å². The summed E-state index contributed by atoms with van der Waals surface area (Å²) in [6.07, 6.45) is 0.406. The molecule has 28 heavy (non-hydrogen) atoms. The van der Waals surface area contributed by atoms with Crippen LogP contribution in [0.15, 0.2) is 54.2 Å². The topological polar surface area (TPSA) is 53.0 Å². The zero-order valence-electron chi connectivity index (χ0n) is 15.4. The minimum absolute atomic E-state index is 0.0539. The summed E-state index contributed by atoms with van der Waals surface area (Å²) in [4.78, 5) is 15.7. The van der Waals surface area contributed by atoms with Crippen LogP contribution in [0.25, 0.3) is 0 Å². The molecule has 2 aromatic carbocycles. The molecule has 0 spiro atoms. The van der Waals surface area contributed by atoms with Crippen molar-refractivity contribution in [2.24, 2.45) is 0 Å². The van der Waals surface area contributed by atoms with Crippen molar-refractivity contribution in [3.8, 4) is 5.75 Å². The highest BCUT2D eigenvalue weighted by Gasteiger charge is 2.32. The number of aliphatic hydroxyl groups is 1. The van der Waals surface area contributed by atoms with E-state index in [1.807, 2.05) is 10.8 Å². The molecule has 148 valence electrons. The van der Waals surface area contributed by atoms with Gasteiger partial charge in [0.2, 0.25) is 0 Å². The first-order chi connectivity index (χ1) is 13.6. The van der Waals surface area contributed by atoms with Crippen LogP contribution in [0.1, 0.15) is 12.0 Å². The molecule has 0 saturated carbocycles. The van der Waals surface area contributed by atoms with E-state index in [2.05, 4.69) is 4.90 Å². The number of halogens is 2. The second-order valence-electron chi connectivity index (χ2n) is 6.60. The quantitative estimate of drug-likeness (QED) is 0.719. The van der Waals surface area contributed by atoms with E-state index in [-0.39, 0.29) is 25.2 Å². The normalized spacial score (nSPS) is 17.5. The molecule has 1 fully saturated rings. The Kier molecular flexibility index (Phi) is 7.06. The fourth-order valence-corrected chi connectivity index (χ4v) is 3.44. The first kappa shape index (κ1) is 20.4. The summed E-state index contributed by atoms with van der Waals surface area (Å²) in [7, 11) is 0. The molecule has 1 saturated heterocycles. The van der Waals surface area contributed by atoms with Crippen LogP contribution in [0.5, 0.6) is 5.75 Å². The van der Waals surface area contributed by atoms with Crippen LogP contribution in [0.3, 0.4) is 0 Å². The average molecular weight is 405 g/mol. The lowest BCUT2D eigenvalue weighted by atomic mass is 10.0. The average Bonchev–Trinajstić information content (AvgIpc) is 2.71. The minimum atomic E-state index is -0.284. The lowest BCUT2D eigenvalue weighted by Gasteiger charge is -2.42. The molecular weight excluding hydrogens is 383 g/mol. The Morgan fingerprint density at radius 3 is 2.50 bits per heavy atom. The number of rotatable bonds is 7. The van der Waals surface area contributed by atoms with E-state index in [9.17, 15) is 14.3 Å². The van der Waals surface area contributed by atoms with Crippen molar-refractivity contribution >= 4 is 17.5 Å². The molecule has 0 aromatic heterocycles. The van der Waals surface area contributed by atoms with Gasteiger partial charge in [-0.05, 0) is 48.4 Å². The third kappa shape index (κ3) is 5.12. The van der Waals surface area contributed by atoms with E-state index in [1.165, 1.54) is 12.1 Å². The highest BCUT2D eigenvalue weighted by Crippen LogP contribution is 2.24. The molecular formula is C21H22ClFN2O3. The van der Waals surface area contributed by atoms with Gasteiger partial charge in [-0.2, -0.15) is 0 Å². The van der Waals surface area contributed by atoms with Gasteiger partial charge in [-0.15, -0.1) is 0 Å². The van der Waals surface area contributed by atoms with Gasteiger partial charge >= 0.3 is 0 Å². The highest BCUT2D eigenvalue weighted by molar-refractivity contribution is 6.30. The molecule has 5 nitrogen and oxygen atoms in total. The Labute approximate surface area is 168 Å². The Morgan fingerprint density at radius 1 is 1.14 bits per heavy atom. The molecule has 1 aliphatic rings. The van der Waals surface area contributed by atoms with Crippen molar-refractivity contribution in [1.82, 2.24) is 9.80 Å². The molecule has 7 heteroatoms. The minimum Gasteiger partial charge on any atom is -0.473 e. The summed E-state index contributed by atoms with van der Waals surface area (Å²) in [5.74, 6) is 2.41. The maximum absolute atomic E-state index is 13.1. The highest BCUT2D eigenvalue weighted by atomic mass is 35.5. The monoisotopic (exact) mass is 404 g/mol. The van der Waals surface area contributed by atoms with Crippen molar-refractivity contribution in [2.45, 2.75) is 19.0 Å². The van der Waals surface area contributed by atoms with Crippen LogP contribution in [-0.4, -0.2) is 53.3 Å². The number of nitrogens with zero attached hydrogens (tertiary/aromatic N) is 2. The van der Waals surface area contributed by atoms with E-state index in [0.29, 0.717) is 42.5 Å². The van der Waals surface area contributed by atoms with Crippen molar-refractivity contribution in [3.05, 3.63) is 70.6 Å². The van der Waals surface area contributed by atoms with Gasteiger partial charge in [-0.25, -0.2) is 9.18 Å². The Balaban J connectivity index is 1.69. The second-order valence-corrected chi connectivity index (χ2v) is 7.04. The molecule has 1 aliphatic heterocycles. The molecule has 0 aliphatic carbocycles. The van der Waals surface area contributed by atoms with E-state index >= 15 is 0 Å². The van der Waals surface area contributed by atoms with Gasteiger partial charge in [0, 0.05) is 31.3 Å². The number of aliphatic hydroxyl groups excluding tert-OH is 1. The van der Waals surface area contributed by atoms with Gasteiger partial charge in [-0.3, -0.25) is 4.90 Å². The van der Waals surface area contributed by atoms with Gasteiger partial charge in [-0.1, -0.05) is 23.7 Å². The lowest BCUT2D eigenvalue weighted by Crippen LogP contribution is -2.52. The summed E-state index contributed by atoms with van der Waals surface area (Å²) in [6, 6.07) is 13.0. The second kappa shape index (κ2) is 9.71. The number of piperazine rings is 1. The van der Waals surface area contributed by atoms with Crippen LogP contribution in [0.4, 0.5) is 4.39 Å². The fourth-order valence-electron chi connectivity index (χ4n) is 3.31. The maximum atomic E-state index is 13.1. The molecule has 1 heterocycles. The van der Waals surface area contributed by atoms with E-state index in [0.717, 1.165) is 5.56 Å². The summed E-state index contributed by atoms with van der Waals surface area (Å²) >= 11 is 5.88. The van der Waals surface area contributed by atoms with E-state index < -0.39 is 0 Å². The lowest BCUT2D eigenvalue weighted by molar-refractivity contribution is 0.0573. The van der Waals surface area contributed by atoms with Crippen LogP contribution in [-0.2, 0) is 11.3 Å². The molecule has 1 unspecified atom stereocenters. The largest absolute Gasteiger partial charge is 0.473 e. The van der Waals surface area contributed by atoms with Gasteiger partial charge in [0.25, 0.3) is 0 Å². The van der Waals surface area contributed by atoms with Crippen LogP contribution < -0.4 is 4.74 Å². The van der Waals surface area contributed by atoms with Crippen molar-refractivity contribution < 1.29 is 19.0 Å². The summed E-state index contributed by atoms with van der Waals surface area (Å²) in [6.45, 7) is 1.97. The van der Waals surface area contributed by atoms with E-state index in [1.54, 1.807) is 36.4 Å².